The van der Waals surface area contributed by atoms with Crippen LogP contribution in [0.1, 0.15) is 72.1 Å². The molecule has 0 bridgehead atoms. The van der Waals surface area contributed by atoms with Gasteiger partial charge in [-0.15, -0.1) is 0 Å². The Morgan fingerprint density at radius 2 is 1.75 bits per heavy atom. The SMILES string of the molecule is CC(C)(C)C1CNC2(CCCCC2)CN1CC1CCC1. The van der Waals surface area contributed by atoms with E-state index in [1.54, 1.807) is 0 Å². The molecule has 0 radical (unpaired) electrons. The van der Waals surface area contributed by atoms with E-state index < -0.39 is 0 Å². The molecule has 1 aliphatic heterocycles. The van der Waals surface area contributed by atoms with Gasteiger partial charge >= 0.3 is 0 Å². The van der Waals surface area contributed by atoms with E-state index in [0.29, 0.717) is 11.0 Å². The summed E-state index contributed by atoms with van der Waals surface area (Å²) in [6, 6.07) is 0.718. The molecular weight excluding hydrogens is 244 g/mol. The summed E-state index contributed by atoms with van der Waals surface area (Å²) in [7, 11) is 0. The van der Waals surface area contributed by atoms with E-state index in [2.05, 4.69) is 31.0 Å². The van der Waals surface area contributed by atoms with Crippen LogP contribution in [0.3, 0.4) is 0 Å². The summed E-state index contributed by atoms with van der Waals surface area (Å²) in [4.78, 5) is 2.88. The van der Waals surface area contributed by atoms with Gasteiger partial charge in [-0.05, 0) is 37.0 Å². The molecule has 0 aromatic rings. The van der Waals surface area contributed by atoms with Crippen LogP contribution in [0.25, 0.3) is 0 Å². The molecule has 3 rings (SSSR count). The van der Waals surface area contributed by atoms with Crippen molar-refractivity contribution in [2.24, 2.45) is 11.3 Å². The van der Waals surface area contributed by atoms with Crippen LogP contribution in [0.5, 0.6) is 0 Å². The average Bonchev–Trinajstić information content (AvgIpc) is 2.33. The average molecular weight is 278 g/mol. The summed E-state index contributed by atoms with van der Waals surface area (Å²) in [5, 5.41) is 3.99. The molecule has 2 nitrogen and oxygen atoms in total. The van der Waals surface area contributed by atoms with Crippen LogP contribution in [0.15, 0.2) is 0 Å². The molecule has 1 N–H and O–H groups in total. The maximum absolute atomic E-state index is 3.99. The van der Waals surface area contributed by atoms with Crippen molar-refractivity contribution in [3.8, 4) is 0 Å². The van der Waals surface area contributed by atoms with Gasteiger partial charge in [-0.3, -0.25) is 4.90 Å². The van der Waals surface area contributed by atoms with Gasteiger partial charge in [0.25, 0.3) is 0 Å². The van der Waals surface area contributed by atoms with E-state index in [4.69, 9.17) is 0 Å². The first-order valence-electron chi connectivity index (χ1n) is 8.98. The van der Waals surface area contributed by atoms with Crippen molar-refractivity contribution in [2.45, 2.75) is 83.7 Å². The Hall–Kier alpha value is -0.0800. The second-order valence-electron chi connectivity index (χ2n) is 8.83. The minimum Gasteiger partial charge on any atom is -0.308 e. The maximum atomic E-state index is 3.99. The lowest BCUT2D eigenvalue weighted by molar-refractivity contribution is -0.00826. The van der Waals surface area contributed by atoms with Crippen molar-refractivity contribution >= 4 is 0 Å². The zero-order valence-corrected chi connectivity index (χ0v) is 13.9. The third-order valence-corrected chi connectivity index (χ3v) is 6.14. The Bertz CT molecular complexity index is 321. The smallest absolute Gasteiger partial charge is 0.0309 e. The minimum atomic E-state index is 0.396. The van der Waals surface area contributed by atoms with Crippen molar-refractivity contribution in [1.82, 2.24) is 10.2 Å². The molecule has 1 atom stereocenters. The fourth-order valence-corrected chi connectivity index (χ4v) is 4.61. The molecule has 20 heavy (non-hydrogen) atoms. The van der Waals surface area contributed by atoms with Crippen LogP contribution in [-0.4, -0.2) is 36.1 Å². The predicted octanol–water partition coefficient (Wildman–Crippen LogP) is 3.81. The van der Waals surface area contributed by atoms with Crippen LogP contribution < -0.4 is 5.32 Å². The fourth-order valence-electron chi connectivity index (χ4n) is 4.61. The fraction of sp³-hybridized carbons (Fsp3) is 1.00. The highest BCUT2D eigenvalue weighted by Gasteiger charge is 2.43. The van der Waals surface area contributed by atoms with Gasteiger partial charge in [0.2, 0.25) is 0 Å². The number of piperazine rings is 1. The maximum Gasteiger partial charge on any atom is 0.0309 e. The first kappa shape index (κ1) is 14.8. The number of nitrogens with one attached hydrogen (secondary N) is 1. The number of nitrogens with zero attached hydrogens (tertiary/aromatic N) is 1. The Morgan fingerprint density at radius 1 is 1.05 bits per heavy atom. The van der Waals surface area contributed by atoms with E-state index in [9.17, 15) is 0 Å². The highest BCUT2D eigenvalue weighted by atomic mass is 15.3. The summed E-state index contributed by atoms with van der Waals surface area (Å²) < 4.78 is 0. The van der Waals surface area contributed by atoms with Crippen LogP contribution in [0, 0.1) is 11.3 Å². The lowest BCUT2D eigenvalue weighted by Crippen LogP contribution is -2.67. The molecule has 1 heterocycles. The zero-order valence-electron chi connectivity index (χ0n) is 13.9. The van der Waals surface area contributed by atoms with E-state index in [0.717, 1.165) is 12.0 Å². The highest BCUT2D eigenvalue weighted by molar-refractivity contribution is 5.02. The lowest BCUT2D eigenvalue weighted by atomic mass is 9.75. The molecule has 116 valence electrons. The van der Waals surface area contributed by atoms with Crippen molar-refractivity contribution < 1.29 is 0 Å². The van der Waals surface area contributed by atoms with Crippen LogP contribution >= 0.6 is 0 Å². The molecule has 3 fully saturated rings. The van der Waals surface area contributed by atoms with Gasteiger partial charge in [-0.2, -0.15) is 0 Å². The first-order valence-corrected chi connectivity index (χ1v) is 8.98. The third kappa shape index (κ3) is 3.06. The summed E-state index contributed by atoms with van der Waals surface area (Å²) in [6.45, 7) is 11.1. The third-order valence-electron chi connectivity index (χ3n) is 6.14. The standard InChI is InChI=1S/C18H34N2/c1-17(2,3)16-12-19-18(10-5-4-6-11-18)14-20(16)13-15-8-7-9-15/h15-16,19H,4-14H2,1-3H3. The number of hydrogen-bond acceptors (Lipinski definition) is 2. The van der Waals surface area contributed by atoms with Gasteiger partial charge in [-0.1, -0.05) is 46.5 Å². The van der Waals surface area contributed by atoms with Crippen LogP contribution in [-0.2, 0) is 0 Å². The van der Waals surface area contributed by atoms with E-state index >= 15 is 0 Å². The molecule has 0 amide bonds. The van der Waals surface area contributed by atoms with Crippen molar-refractivity contribution in [3.63, 3.8) is 0 Å². The molecule has 2 aliphatic carbocycles. The molecule has 2 heteroatoms. The summed E-state index contributed by atoms with van der Waals surface area (Å²) in [5.74, 6) is 0.999. The molecule has 1 saturated heterocycles. The number of rotatable bonds is 2. The Morgan fingerprint density at radius 3 is 2.30 bits per heavy atom. The Balaban J connectivity index is 1.70. The summed E-state index contributed by atoms with van der Waals surface area (Å²) in [5.41, 5.74) is 0.858. The van der Waals surface area contributed by atoms with Gasteiger partial charge < -0.3 is 5.32 Å². The highest BCUT2D eigenvalue weighted by Crippen LogP contribution is 2.37. The van der Waals surface area contributed by atoms with Gasteiger partial charge in [-0.25, -0.2) is 0 Å². The largest absolute Gasteiger partial charge is 0.308 e. The Kier molecular flexibility index (Phi) is 4.16. The van der Waals surface area contributed by atoms with Crippen LogP contribution in [0.4, 0.5) is 0 Å². The van der Waals surface area contributed by atoms with Gasteiger partial charge in [0.1, 0.15) is 0 Å². The minimum absolute atomic E-state index is 0.396. The quantitative estimate of drug-likeness (QED) is 0.826. The van der Waals surface area contributed by atoms with Crippen molar-refractivity contribution in [1.29, 1.82) is 0 Å². The lowest BCUT2D eigenvalue weighted by Gasteiger charge is -2.54. The van der Waals surface area contributed by atoms with Gasteiger partial charge in [0.05, 0.1) is 0 Å². The second-order valence-corrected chi connectivity index (χ2v) is 8.83. The zero-order chi connectivity index (χ0) is 14.2. The predicted molar refractivity (Wildman–Crippen MR) is 86.0 cm³/mol. The van der Waals surface area contributed by atoms with Crippen molar-refractivity contribution in [2.75, 3.05) is 19.6 Å². The molecule has 3 aliphatic rings. The van der Waals surface area contributed by atoms with Crippen molar-refractivity contribution in [3.05, 3.63) is 0 Å². The monoisotopic (exact) mass is 278 g/mol. The van der Waals surface area contributed by atoms with E-state index in [1.807, 2.05) is 0 Å². The van der Waals surface area contributed by atoms with Gasteiger partial charge in [0.15, 0.2) is 0 Å². The molecule has 1 unspecified atom stereocenters. The van der Waals surface area contributed by atoms with E-state index in [1.165, 1.54) is 71.0 Å². The molecule has 0 aromatic heterocycles. The molecule has 0 aromatic carbocycles. The topological polar surface area (TPSA) is 15.3 Å². The van der Waals surface area contributed by atoms with E-state index in [-0.39, 0.29) is 0 Å². The molecule has 2 saturated carbocycles. The molecular formula is C18H34N2. The van der Waals surface area contributed by atoms with Gasteiger partial charge in [0, 0.05) is 31.2 Å². The Labute approximate surface area is 125 Å². The molecule has 1 spiro atoms. The number of hydrogen-bond donors (Lipinski definition) is 1. The summed E-state index contributed by atoms with van der Waals surface area (Å²) >= 11 is 0. The summed E-state index contributed by atoms with van der Waals surface area (Å²) in [6.07, 6.45) is 11.6. The normalized spacial score (nSPS) is 32.2. The first-order chi connectivity index (χ1) is 9.49. The van der Waals surface area contributed by atoms with Crippen LogP contribution in [0.2, 0.25) is 0 Å². The second kappa shape index (κ2) is 5.61.